The summed E-state index contributed by atoms with van der Waals surface area (Å²) in [5.74, 6) is 0.503. The highest BCUT2D eigenvalue weighted by Crippen LogP contribution is 2.13. The number of nitrogens with one attached hydrogen (secondary N) is 3. The van der Waals surface area contributed by atoms with Gasteiger partial charge >= 0.3 is 6.03 Å². The molecule has 0 radical (unpaired) electrons. The molecule has 1 saturated heterocycles. The highest BCUT2D eigenvalue weighted by Gasteiger charge is 2.22. The van der Waals surface area contributed by atoms with E-state index in [0.717, 1.165) is 38.3 Å². The van der Waals surface area contributed by atoms with Gasteiger partial charge in [-0.2, -0.15) is 0 Å². The molecule has 0 spiro atoms. The topological polar surface area (TPSA) is 82.7 Å². The molecule has 29 heavy (non-hydrogen) atoms. The van der Waals surface area contributed by atoms with E-state index < -0.39 is 0 Å². The fourth-order valence-corrected chi connectivity index (χ4v) is 3.43. The molecule has 1 aromatic rings. The zero-order chi connectivity index (χ0) is 21.2. The minimum atomic E-state index is -0.193. The van der Waals surface area contributed by atoms with Crippen molar-refractivity contribution in [2.24, 2.45) is 5.92 Å². The Hall–Kier alpha value is -2.12. The van der Waals surface area contributed by atoms with Gasteiger partial charge in [-0.3, -0.25) is 9.69 Å². The van der Waals surface area contributed by atoms with Crippen molar-refractivity contribution in [2.75, 3.05) is 32.8 Å². The summed E-state index contributed by atoms with van der Waals surface area (Å²) in [6.07, 6.45) is 1.04. The van der Waals surface area contributed by atoms with Crippen LogP contribution in [0.25, 0.3) is 0 Å². The lowest BCUT2D eigenvalue weighted by atomic mass is 10.0. The van der Waals surface area contributed by atoms with Gasteiger partial charge in [-0.25, -0.2) is 4.79 Å². The Bertz CT molecular complexity index is 640. The van der Waals surface area contributed by atoms with Crippen LogP contribution in [0.2, 0.25) is 0 Å². The van der Waals surface area contributed by atoms with Gasteiger partial charge in [0.05, 0.1) is 13.2 Å². The van der Waals surface area contributed by atoms with E-state index in [1.165, 1.54) is 0 Å². The molecule has 3 N–H and O–H groups in total. The lowest BCUT2D eigenvalue weighted by Gasteiger charge is -2.35. The first-order chi connectivity index (χ1) is 13.8. The fraction of sp³-hybridized carbons (Fsp3) is 0.636. The number of rotatable bonds is 9. The highest BCUT2D eigenvalue weighted by molar-refractivity contribution is 5.94. The first kappa shape index (κ1) is 23.2. The molecule has 0 saturated carbocycles. The van der Waals surface area contributed by atoms with Crippen LogP contribution < -0.4 is 16.0 Å². The molecule has 0 bridgehead atoms. The standard InChI is InChI=1S/C22H36N4O3/c1-16(2)13-20(26-9-11-29-12-10-26)15-23-21(27)19-7-5-18(6-8-19)14-24-22(28)25-17(3)4/h5-8,16-17,20H,9-15H2,1-4H3,(H,23,27)(H2,24,25,28). The molecule has 1 aliphatic rings. The van der Waals surface area contributed by atoms with Crippen LogP contribution in [0, 0.1) is 5.92 Å². The Balaban J connectivity index is 1.84. The Morgan fingerprint density at radius 2 is 1.69 bits per heavy atom. The van der Waals surface area contributed by atoms with E-state index >= 15 is 0 Å². The van der Waals surface area contributed by atoms with Gasteiger partial charge in [-0.15, -0.1) is 0 Å². The number of carbonyl (C=O) groups excluding carboxylic acids is 2. The predicted molar refractivity (Wildman–Crippen MR) is 115 cm³/mol. The molecule has 0 aliphatic carbocycles. The maximum atomic E-state index is 12.6. The van der Waals surface area contributed by atoms with Crippen LogP contribution in [0.5, 0.6) is 0 Å². The summed E-state index contributed by atoms with van der Waals surface area (Å²) in [7, 11) is 0. The third-order valence-electron chi connectivity index (χ3n) is 4.89. The maximum Gasteiger partial charge on any atom is 0.315 e. The van der Waals surface area contributed by atoms with E-state index in [0.29, 0.717) is 30.6 Å². The van der Waals surface area contributed by atoms with Crippen LogP contribution in [-0.2, 0) is 11.3 Å². The second kappa shape index (κ2) is 11.8. The Morgan fingerprint density at radius 1 is 1.03 bits per heavy atom. The van der Waals surface area contributed by atoms with Crippen LogP contribution >= 0.6 is 0 Å². The Labute approximate surface area is 174 Å². The van der Waals surface area contributed by atoms with Crippen molar-refractivity contribution < 1.29 is 14.3 Å². The van der Waals surface area contributed by atoms with Crippen LogP contribution in [0.4, 0.5) is 4.79 Å². The number of urea groups is 1. The summed E-state index contributed by atoms with van der Waals surface area (Å²) in [6, 6.07) is 7.58. The van der Waals surface area contributed by atoms with E-state index in [1.807, 2.05) is 26.0 Å². The summed E-state index contributed by atoms with van der Waals surface area (Å²) in [5.41, 5.74) is 1.58. The molecule has 7 heteroatoms. The van der Waals surface area contributed by atoms with Gasteiger partial charge in [0.2, 0.25) is 0 Å². The first-order valence-corrected chi connectivity index (χ1v) is 10.6. The number of carbonyl (C=O) groups is 2. The second-order valence-corrected chi connectivity index (χ2v) is 8.32. The van der Waals surface area contributed by atoms with Gasteiger partial charge in [-0.05, 0) is 43.9 Å². The van der Waals surface area contributed by atoms with Gasteiger partial charge in [0.25, 0.3) is 5.91 Å². The quantitative estimate of drug-likeness (QED) is 0.590. The average molecular weight is 405 g/mol. The highest BCUT2D eigenvalue weighted by atomic mass is 16.5. The van der Waals surface area contributed by atoms with Crippen molar-refractivity contribution in [3.05, 3.63) is 35.4 Å². The fourth-order valence-electron chi connectivity index (χ4n) is 3.43. The Morgan fingerprint density at radius 3 is 2.28 bits per heavy atom. The van der Waals surface area contributed by atoms with Crippen molar-refractivity contribution in [3.63, 3.8) is 0 Å². The van der Waals surface area contributed by atoms with Crippen LogP contribution in [0.1, 0.15) is 50.0 Å². The van der Waals surface area contributed by atoms with Gasteiger partial charge < -0.3 is 20.7 Å². The molecule has 1 aromatic carbocycles. The smallest absolute Gasteiger partial charge is 0.315 e. The van der Waals surface area contributed by atoms with Crippen molar-refractivity contribution >= 4 is 11.9 Å². The van der Waals surface area contributed by atoms with Crippen molar-refractivity contribution in [1.29, 1.82) is 0 Å². The van der Waals surface area contributed by atoms with Crippen molar-refractivity contribution in [1.82, 2.24) is 20.9 Å². The summed E-state index contributed by atoms with van der Waals surface area (Å²) in [5, 5.41) is 8.68. The van der Waals surface area contributed by atoms with Crippen LogP contribution in [-0.4, -0.2) is 61.8 Å². The van der Waals surface area contributed by atoms with Gasteiger partial charge in [-0.1, -0.05) is 26.0 Å². The van der Waals surface area contributed by atoms with Gasteiger partial charge in [0.1, 0.15) is 0 Å². The minimum absolute atomic E-state index is 0.0657. The molecule has 7 nitrogen and oxygen atoms in total. The molecular weight excluding hydrogens is 368 g/mol. The molecule has 0 aromatic heterocycles. The molecular formula is C22H36N4O3. The lowest BCUT2D eigenvalue weighted by molar-refractivity contribution is 0.0124. The van der Waals surface area contributed by atoms with E-state index in [2.05, 4.69) is 34.7 Å². The summed E-state index contributed by atoms with van der Waals surface area (Å²) >= 11 is 0. The molecule has 1 fully saturated rings. The SMILES string of the molecule is CC(C)CC(CNC(=O)c1ccc(CNC(=O)NC(C)C)cc1)N1CCOCC1. The monoisotopic (exact) mass is 404 g/mol. The third kappa shape index (κ3) is 8.41. The third-order valence-corrected chi connectivity index (χ3v) is 4.89. The first-order valence-electron chi connectivity index (χ1n) is 10.6. The zero-order valence-corrected chi connectivity index (χ0v) is 18.2. The number of benzene rings is 1. The largest absolute Gasteiger partial charge is 0.379 e. The molecule has 3 amide bonds. The second-order valence-electron chi connectivity index (χ2n) is 8.32. The summed E-state index contributed by atoms with van der Waals surface area (Å²) < 4.78 is 5.46. The Kier molecular flexibility index (Phi) is 9.41. The molecule has 1 atom stereocenters. The average Bonchev–Trinajstić information content (AvgIpc) is 2.69. The summed E-state index contributed by atoms with van der Waals surface area (Å²) in [6.45, 7) is 12.7. The molecule has 2 rings (SSSR count). The number of nitrogens with zero attached hydrogens (tertiary/aromatic N) is 1. The molecule has 1 aliphatic heterocycles. The summed E-state index contributed by atoms with van der Waals surface area (Å²) in [4.78, 5) is 26.7. The number of hydrogen-bond donors (Lipinski definition) is 3. The minimum Gasteiger partial charge on any atom is -0.379 e. The molecule has 1 unspecified atom stereocenters. The molecule has 162 valence electrons. The van der Waals surface area contributed by atoms with Crippen LogP contribution in [0.15, 0.2) is 24.3 Å². The van der Waals surface area contributed by atoms with Crippen LogP contribution in [0.3, 0.4) is 0 Å². The van der Waals surface area contributed by atoms with Gasteiger partial charge in [0.15, 0.2) is 0 Å². The lowest BCUT2D eigenvalue weighted by Crippen LogP contribution is -2.49. The normalized spacial score (nSPS) is 15.9. The van der Waals surface area contributed by atoms with Gasteiger partial charge in [0, 0.05) is 43.8 Å². The van der Waals surface area contributed by atoms with E-state index in [4.69, 9.17) is 4.74 Å². The predicted octanol–water partition coefficient (Wildman–Crippen LogP) is 2.37. The van der Waals surface area contributed by atoms with Crippen molar-refractivity contribution in [3.8, 4) is 0 Å². The number of hydrogen-bond acceptors (Lipinski definition) is 4. The number of ether oxygens (including phenoxy) is 1. The number of amides is 3. The van der Waals surface area contributed by atoms with E-state index in [9.17, 15) is 9.59 Å². The van der Waals surface area contributed by atoms with E-state index in [-0.39, 0.29) is 18.0 Å². The zero-order valence-electron chi connectivity index (χ0n) is 18.2. The van der Waals surface area contributed by atoms with E-state index in [1.54, 1.807) is 12.1 Å². The molecule has 1 heterocycles. The van der Waals surface area contributed by atoms with Crippen molar-refractivity contribution in [2.45, 2.75) is 52.7 Å². The maximum absolute atomic E-state index is 12.6. The number of morpholine rings is 1.